The van der Waals surface area contributed by atoms with Crippen molar-refractivity contribution in [3.05, 3.63) is 18.3 Å². The number of aromatic amines is 1. The molecule has 3 N–H and O–H groups in total. The lowest BCUT2D eigenvalue weighted by Gasteiger charge is -2.09. The Kier molecular flexibility index (Phi) is 6.42. The van der Waals surface area contributed by atoms with Gasteiger partial charge in [-0.3, -0.25) is 0 Å². The van der Waals surface area contributed by atoms with Crippen molar-refractivity contribution in [1.82, 2.24) is 4.98 Å². The molecule has 2 heterocycles. The summed E-state index contributed by atoms with van der Waals surface area (Å²) in [4.78, 5) is 2.96. The van der Waals surface area contributed by atoms with Crippen molar-refractivity contribution in [3.63, 3.8) is 0 Å². The van der Waals surface area contributed by atoms with Crippen LogP contribution in [0.1, 0.15) is 0 Å². The minimum absolute atomic E-state index is 0.442. The molecule has 0 amide bonds. The summed E-state index contributed by atoms with van der Waals surface area (Å²) in [6.45, 7) is 3.11. The number of hydrogen-bond acceptors (Lipinski definition) is 4. The number of hydrogen-bond donors (Lipinski definition) is 2. The Balaban J connectivity index is 0.000000162. The number of aromatic nitrogens is 1. The van der Waals surface area contributed by atoms with Crippen LogP contribution in [0.15, 0.2) is 23.4 Å². The smallest absolute Gasteiger partial charge is 0.137 e. The molecule has 1 aromatic heterocycles. The monoisotopic (exact) mass is 246 g/mol. The van der Waals surface area contributed by atoms with E-state index in [2.05, 4.69) is 17.2 Å². The van der Waals surface area contributed by atoms with Gasteiger partial charge in [0.25, 0.3) is 0 Å². The van der Waals surface area contributed by atoms with E-state index in [1.54, 1.807) is 0 Å². The van der Waals surface area contributed by atoms with Crippen LogP contribution >= 0.6 is 24.0 Å². The highest BCUT2D eigenvalue weighted by molar-refractivity contribution is 8.22. The molecular formula is C9H14N2O2S2. The Morgan fingerprint density at radius 2 is 1.93 bits per heavy atom. The maximum absolute atomic E-state index is 5.26. The summed E-state index contributed by atoms with van der Waals surface area (Å²) in [5, 5.41) is 0.988. The molecular weight excluding hydrogens is 232 g/mol. The fourth-order valence-electron chi connectivity index (χ4n) is 0.926. The Morgan fingerprint density at radius 1 is 1.33 bits per heavy atom. The van der Waals surface area contributed by atoms with E-state index in [0.29, 0.717) is 4.32 Å². The van der Waals surface area contributed by atoms with Crippen molar-refractivity contribution in [3.8, 4) is 0 Å². The quantitative estimate of drug-likeness (QED) is 0.579. The van der Waals surface area contributed by atoms with Crippen LogP contribution in [0.25, 0.3) is 0 Å². The minimum atomic E-state index is 0.442. The SMILES string of the molecule is C1COCCO1.NC(=S)Sc1ccc[nH]1. The summed E-state index contributed by atoms with van der Waals surface area (Å²) in [6.07, 6.45) is 1.83. The van der Waals surface area contributed by atoms with E-state index in [0.717, 1.165) is 31.5 Å². The average Bonchev–Trinajstić information content (AvgIpc) is 2.73. The molecule has 0 unspecified atom stereocenters. The van der Waals surface area contributed by atoms with Crippen molar-refractivity contribution in [2.45, 2.75) is 5.03 Å². The van der Waals surface area contributed by atoms with Crippen molar-refractivity contribution in [1.29, 1.82) is 0 Å². The zero-order valence-corrected chi connectivity index (χ0v) is 9.90. The fourth-order valence-corrected chi connectivity index (χ4v) is 1.69. The highest BCUT2D eigenvalue weighted by Gasteiger charge is 1.94. The summed E-state index contributed by atoms with van der Waals surface area (Å²) in [5.41, 5.74) is 5.26. The minimum Gasteiger partial charge on any atom is -0.384 e. The number of nitrogens with one attached hydrogen (secondary N) is 1. The molecule has 0 spiro atoms. The molecule has 0 aliphatic carbocycles. The standard InChI is InChI=1S/C5H6N2S2.C4H8O2/c6-5(8)9-4-2-1-3-7-4;1-2-6-4-3-5-1/h1-3,7H,(H2,6,8);1-4H2. The van der Waals surface area contributed by atoms with Crippen LogP contribution in [0.3, 0.4) is 0 Å². The van der Waals surface area contributed by atoms with E-state index < -0.39 is 0 Å². The predicted octanol–water partition coefficient (Wildman–Crippen LogP) is 1.38. The Labute approximate surface area is 98.5 Å². The van der Waals surface area contributed by atoms with Gasteiger partial charge in [0, 0.05) is 6.20 Å². The topological polar surface area (TPSA) is 60.3 Å². The molecule has 1 saturated heterocycles. The lowest BCUT2D eigenvalue weighted by Crippen LogP contribution is -2.16. The van der Waals surface area contributed by atoms with Gasteiger partial charge in [0.05, 0.1) is 31.5 Å². The van der Waals surface area contributed by atoms with Crippen molar-refractivity contribution < 1.29 is 9.47 Å². The molecule has 0 saturated carbocycles. The van der Waals surface area contributed by atoms with Gasteiger partial charge < -0.3 is 20.2 Å². The third-order valence-corrected chi connectivity index (χ3v) is 2.45. The lowest BCUT2D eigenvalue weighted by molar-refractivity contribution is -0.0334. The first-order valence-electron chi connectivity index (χ1n) is 4.55. The molecule has 1 fully saturated rings. The van der Waals surface area contributed by atoms with E-state index in [9.17, 15) is 0 Å². The van der Waals surface area contributed by atoms with Crippen LogP contribution < -0.4 is 5.73 Å². The number of thiocarbonyl (C=S) groups is 1. The van der Waals surface area contributed by atoms with Gasteiger partial charge in [0.15, 0.2) is 0 Å². The van der Waals surface area contributed by atoms with Crippen LogP contribution in [0.5, 0.6) is 0 Å². The lowest BCUT2D eigenvalue weighted by atomic mass is 10.6. The van der Waals surface area contributed by atoms with Crippen LogP contribution in [-0.4, -0.2) is 35.7 Å². The molecule has 2 rings (SSSR count). The maximum Gasteiger partial charge on any atom is 0.137 e. The molecule has 4 nitrogen and oxygen atoms in total. The van der Waals surface area contributed by atoms with Crippen LogP contribution in [-0.2, 0) is 9.47 Å². The molecule has 6 heteroatoms. The van der Waals surface area contributed by atoms with E-state index >= 15 is 0 Å². The van der Waals surface area contributed by atoms with Crippen molar-refractivity contribution in [2.75, 3.05) is 26.4 Å². The van der Waals surface area contributed by atoms with Gasteiger partial charge in [0.1, 0.15) is 4.32 Å². The second kappa shape index (κ2) is 7.70. The number of ether oxygens (including phenoxy) is 2. The van der Waals surface area contributed by atoms with Crippen LogP contribution in [0.4, 0.5) is 0 Å². The second-order valence-electron chi connectivity index (χ2n) is 2.68. The number of rotatable bonds is 1. The molecule has 0 aromatic carbocycles. The summed E-state index contributed by atoms with van der Waals surface area (Å²) in [5.74, 6) is 0. The van der Waals surface area contributed by atoms with E-state index in [1.165, 1.54) is 11.8 Å². The van der Waals surface area contributed by atoms with Gasteiger partial charge >= 0.3 is 0 Å². The van der Waals surface area contributed by atoms with Gasteiger partial charge in [-0.2, -0.15) is 0 Å². The molecule has 15 heavy (non-hydrogen) atoms. The zero-order chi connectivity index (χ0) is 10.9. The Bertz CT molecular complexity index is 262. The summed E-state index contributed by atoms with van der Waals surface area (Å²) in [6, 6.07) is 3.82. The second-order valence-corrected chi connectivity index (χ2v) is 4.46. The Hall–Kier alpha value is -0.560. The Morgan fingerprint density at radius 3 is 2.27 bits per heavy atom. The molecule has 0 radical (unpaired) electrons. The predicted molar refractivity (Wildman–Crippen MR) is 65.1 cm³/mol. The van der Waals surface area contributed by atoms with Gasteiger partial charge in [-0.1, -0.05) is 12.2 Å². The third kappa shape index (κ3) is 6.51. The van der Waals surface area contributed by atoms with Crippen molar-refractivity contribution in [2.24, 2.45) is 5.73 Å². The van der Waals surface area contributed by atoms with E-state index in [4.69, 9.17) is 15.2 Å². The van der Waals surface area contributed by atoms with Gasteiger partial charge in [-0.15, -0.1) is 0 Å². The highest BCUT2D eigenvalue weighted by Crippen LogP contribution is 2.13. The first-order chi connectivity index (χ1) is 7.29. The van der Waals surface area contributed by atoms with Crippen molar-refractivity contribution >= 4 is 28.3 Å². The molecule has 1 aliphatic heterocycles. The molecule has 1 aliphatic rings. The molecule has 0 bridgehead atoms. The van der Waals surface area contributed by atoms with Gasteiger partial charge in [-0.05, 0) is 23.9 Å². The van der Waals surface area contributed by atoms with Crippen LogP contribution in [0, 0.1) is 0 Å². The fraction of sp³-hybridized carbons (Fsp3) is 0.444. The molecule has 1 aromatic rings. The number of nitrogens with two attached hydrogens (primary N) is 1. The summed E-state index contributed by atoms with van der Waals surface area (Å²) in [7, 11) is 0. The van der Waals surface area contributed by atoms with E-state index in [-0.39, 0.29) is 0 Å². The van der Waals surface area contributed by atoms with Gasteiger partial charge in [-0.25, -0.2) is 0 Å². The molecule has 84 valence electrons. The zero-order valence-electron chi connectivity index (χ0n) is 8.27. The number of thioether (sulfide) groups is 1. The summed E-state index contributed by atoms with van der Waals surface area (Å²) < 4.78 is 10.3. The van der Waals surface area contributed by atoms with Crippen LogP contribution in [0.2, 0.25) is 0 Å². The first-order valence-corrected chi connectivity index (χ1v) is 5.77. The maximum atomic E-state index is 5.26. The van der Waals surface area contributed by atoms with Gasteiger partial charge in [0.2, 0.25) is 0 Å². The highest BCUT2D eigenvalue weighted by atomic mass is 32.2. The largest absolute Gasteiger partial charge is 0.384 e. The summed E-state index contributed by atoms with van der Waals surface area (Å²) >= 11 is 6.02. The third-order valence-electron chi connectivity index (χ3n) is 1.52. The average molecular weight is 246 g/mol. The number of H-pyrrole nitrogens is 1. The van der Waals surface area contributed by atoms with E-state index in [1.807, 2.05) is 18.3 Å². The molecule has 0 atom stereocenters. The first kappa shape index (κ1) is 12.5. The normalized spacial score (nSPS) is 15.2.